The average molecular weight is 195 g/mol. The van der Waals surface area contributed by atoms with Crippen LogP contribution >= 0.6 is 0 Å². The van der Waals surface area contributed by atoms with Crippen LogP contribution in [0.5, 0.6) is 0 Å². The molecule has 1 aliphatic carbocycles. The van der Waals surface area contributed by atoms with Gasteiger partial charge in [-0.1, -0.05) is 6.92 Å². The monoisotopic (exact) mass is 195 g/mol. The van der Waals surface area contributed by atoms with Crippen molar-refractivity contribution in [2.24, 2.45) is 17.8 Å². The Morgan fingerprint density at radius 1 is 1.57 bits per heavy atom. The molecule has 3 unspecified atom stereocenters. The molecule has 1 saturated carbocycles. The number of aliphatic hydroxyl groups is 1. The van der Waals surface area contributed by atoms with Crippen molar-refractivity contribution in [1.82, 2.24) is 0 Å². The maximum absolute atomic E-state index is 11.6. The molecule has 0 aromatic carbocycles. The number of Topliss-reactive ketones (excluding diaryl/α,β-unsaturated/α-hetero) is 1. The standard InChI is InChI=1S/C11H17NO2/c1-7-8(6-12)4-9(5-10(7)13)11(2,3)14/h7-9,14H,4-5H2,1-3H3. The first kappa shape index (κ1) is 11.2. The molecular formula is C11H17NO2. The first-order valence-corrected chi connectivity index (χ1v) is 5.01. The van der Waals surface area contributed by atoms with E-state index in [-0.39, 0.29) is 23.5 Å². The summed E-state index contributed by atoms with van der Waals surface area (Å²) in [7, 11) is 0. The smallest absolute Gasteiger partial charge is 0.137 e. The van der Waals surface area contributed by atoms with Gasteiger partial charge < -0.3 is 5.11 Å². The highest BCUT2D eigenvalue weighted by Gasteiger charge is 2.39. The minimum absolute atomic E-state index is 0.0733. The third-order valence-electron chi connectivity index (χ3n) is 3.26. The predicted molar refractivity (Wildman–Crippen MR) is 52.3 cm³/mol. The van der Waals surface area contributed by atoms with Gasteiger partial charge in [0.25, 0.3) is 0 Å². The van der Waals surface area contributed by atoms with E-state index in [1.165, 1.54) is 0 Å². The molecule has 0 bridgehead atoms. The largest absolute Gasteiger partial charge is 0.390 e. The van der Waals surface area contributed by atoms with Crippen LogP contribution in [-0.2, 0) is 4.79 Å². The van der Waals surface area contributed by atoms with Crippen LogP contribution in [0.4, 0.5) is 0 Å². The summed E-state index contributed by atoms with van der Waals surface area (Å²) in [6.45, 7) is 5.21. The molecule has 0 heterocycles. The lowest BCUT2D eigenvalue weighted by atomic mass is 9.69. The van der Waals surface area contributed by atoms with E-state index in [2.05, 4.69) is 6.07 Å². The van der Waals surface area contributed by atoms with Crippen LogP contribution in [0.25, 0.3) is 0 Å². The van der Waals surface area contributed by atoms with Crippen molar-refractivity contribution >= 4 is 5.78 Å². The fourth-order valence-electron chi connectivity index (χ4n) is 1.95. The predicted octanol–water partition coefficient (Wildman–Crippen LogP) is 1.51. The van der Waals surface area contributed by atoms with Gasteiger partial charge in [-0.15, -0.1) is 0 Å². The molecule has 1 aliphatic rings. The number of rotatable bonds is 1. The normalized spacial score (nSPS) is 33.9. The van der Waals surface area contributed by atoms with Crippen LogP contribution in [0.2, 0.25) is 0 Å². The Morgan fingerprint density at radius 2 is 2.14 bits per heavy atom. The lowest BCUT2D eigenvalue weighted by Crippen LogP contribution is -2.40. The highest BCUT2D eigenvalue weighted by Crippen LogP contribution is 2.36. The van der Waals surface area contributed by atoms with Crippen molar-refractivity contribution in [1.29, 1.82) is 5.26 Å². The molecule has 3 heteroatoms. The Labute approximate surface area is 84.7 Å². The fourth-order valence-corrected chi connectivity index (χ4v) is 1.95. The molecule has 3 atom stereocenters. The summed E-state index contributed by atoms with van der Waals surface area (Å²) >= 11 is 0. The van der Waals surface area contributed by atoms with E-state index < -0.39 is 5.60 Å². The fraction of sp³-hybridized carbons (Fsp3) is 0.818. The van der Waals surface area contributed by atoms with Gasteiger partial charge in [0.1, 0.15) is 5.78 Å². The Balaban J connectivity index is 2.79. The van der Waals surface area contributed by atoms with E-state index in [1.54, 1.807) is 20.8 Å². The Bertz CT molecular complexity index is 272. The third kappa shape index (κ3) is 2.13. The SMILES string of the molecule is CC1C(=O)CC(C(C)(C)O)CC1C#N. The van der Waals surface area contributed by atoms with Crippen molar-refractivity contribution in [3.8, 4) is 6.07 Å². The topological polar surface area (TPSA) is 61.1 Å². The number of ketones is 1. The van der Waals surface area contributed by atoms with Crippen LogP contribution in [0.15, 0.2) is 0 Å². The summed E-state index contributed by atoms with van der Waals surface area (Å²) in [6, 6.07) is 2.15. The molecule has 0 aromatic heterocycles. The van der Waals surface area contributed by atoms with Crippen LogP contribution < -0.4 is 0 Å². The van der Waals surface area contributed by atoms with Crippen molar-refractivity contribution in [2.75, 3.05) is 0 Å². The maximum Gasteiger partial charge on any atom is 0.137 e. The van der Waals surface area contributed by atoms with E-state index in [0.29, 0.717) is 12.8 Å². The summed E-state index contributed by atoms with van der Waals surface area (Å²) in [4.78, 5) is 11.6. The van der Waals surface area contributed by atoms with Crippen LogP contribution in [-0.4, -0.2) is 16.5 Å². The van der Waals surface area contributed by atoms with Crippen LogP contribution in [0.1, 0.15) is 33.6 Å². The van der Waals surface area contributed by atoms with Crippen molar-refractivity contribution in [3.05, 3.63) is 0 Å². The summed E-state index contributed by atoms with van der Waals surface area (Å²) in [5.41, 5.74) is -0.856. The minimum atomic E-state index is -0.856. The lowest BCUT2D eigenvalue weighted by molar-refractivity contribution is -0.130. The molecule has 78 valence electrons. The second kappa shape index (κ2) is 3.70. The lowest BCUT2D eigenvalue weighted by Gasteiger charge is -2.36. The van der Waals surface area contributed by atoms with Gasteiger partial charge in [0.05, 0.1) is 17.6 Å². The molecule has 0 saturated heterocycles. The second-order valence-electron chi connectivity index (χ2n) is 4.78. The highest BCUT2D eigenvalue weighted by molar-refractivity contribution is 5.82. The number of hydrogen-bond acceptors (Lipinski definition) is 3. The summed E-state index contributed by atoms with van der Waals surface area (Å²) in [6.07, 6.45) is 1.04. The summed E-state index contributed by atoms with van der Waals surface area (Å²) < 4.78 is 0. The first-order valence-electron chi connectivity index (χ1n) is 5.01. The number of carbonyl (C=O) groups excluding carboxylic acids is 1. The van der Waals surface area contributed by atoms with Crippen LogP contribution in [0, 0.1) is 29.1 Å². The highest BCUT2D eigenvalue weighted by atomic mass is 16.3. The summed E-state index contributed by atoms with van der Waals surface area (Å²) in [5.74, 6) is -0.364. The summed E-state index contributed by atoms with van der Waals surface area (Å²) in [5, 5.41) is 18.7. The van der Waals surface area contributed by atoms with Crippen molar-refractivity contribution in [2.45, 2.75) is 39.2 Å². The van der Waals surface area contributed by atoms with Gasteiger partial charge in [0.15, 0.2) is 0 Å². The minimum Gasteiger partial charge on any atom is -0.390 e. The van der Waals surface area contributed by atoms with Gasteiger partial charge in [-0.25, -0.2) is 0 Å². The molecule has 0 aromatic rings. The molecule has 14 heavy (non-hydrogen) atoms. The van der Waals surface area contributed by atoms with E-state index >= 15 is 0 Å². The first-order chi connectivity index (χ1) is 6.36. The van der Waals surface area contributed by atoms with Gasteiger partial charge >= 0.3 is 0 Å². The zero-order valence-corrected chi connectivity index (χ0v) is 8.95. The van der Waals surface area contributed by atoms with Gasteiger partial charge in [-0.3, -0.25) is 4.79 Å². The van der Waals surface area contributed by atoms with Gasteiger partial charge in [0, 0.05) is 12.3 Å². The van der Waals surface area contributed by atoms with Crippen molar-refractivity contribution < 1.29 is 9.90 Å². The Hall–Kier alpha value is -0.880. The maximum atomic E-state index is 11.6. The molecule has 0 spiro atoms. The number of nitriles is 1. The molecule has 0 radical (unpaired) electrons. The Kier molecular flexibility index (Phi) is 2.96. The molecule has 1 N–H and O–H groups in total. The Morgan fingerprint density at radius 3 is 2.57 bits per heavy atom. The van der Waals surface area contributed by atoms with E-state index in [9.17, 15) is 9.90 Å². The molecule has 0 amide bonds. The quantitative estimate of drug-likeness (QED) is 0.690. The zero-order valence-electron chi connectivity index (χ0n) is 8.95. The molecule has 1 fully saturated rings. The van der Waals surface area contributed by atoms with Gasteiger partial charge in [0.2, 0.25) is 0 Å². The van der Waals surface area contributed by atoms with Crippen LogP contribution in [0.3, 0.4) is 0 Å². The number of nitrogens with zero attached hydrogens (tertiary/aromatic N) is 1. The number of hydrogen-bond donors (Lipinski definition) is 1. The average Bonchev–Trinajstić information content (AvgIpc) is 2.07. The van der Waals surface area contributed by atoms with Crippen molar-refractivity contribution in [3.63, 3.8) is 0 Å². The van der Waals surface area contributed by atoms with E-state index in [4.69, 9.17) is 5.26 Å². The zero-order chi connectivity index (χ0) is 10.9. The molecular weight excluding hydrogens is 178 g/mol. The van der Waals surface area contributed by atoms with E-state index in [0.717, 1.165) is 0 Å². The molecule has 3 nitrogen and oxygen atoms in total. The van der Waals surface area contributed by atoms with Gasteiger partial charge in [-0.2, -0.15) is 5.26 Å². The number of carbonyl (C=O) groups is 1. The molecule has 0 aliphatic heterocycles. The molecule has 1 rings (SSSR count). The third-order valence-corrected chi connectivity index (χ3v) is 3.26. The van der Waals surface area contributed by atoms with E-state index in [1.807, 2.05) is 0 Å². The van der Waals surface area contributed by atoms with Gasteiger partial charge in [-0.05, 0) is 26.2 Å². The second-order valence-corrected chi connectivity index (χ2v) is 4.78.